The predicted molar refractivity (Wildman–Crippen MR) is 107 cm³/mol. The summed E-state index contributed by atoms with van der Waals surface area (Å²) in [5.41, 5.74) is 2.66. The van der Waals surface area contributed by atoms with Crippen molar-refractivity contribution in [3.63, 3.8) is 0 Å². The molecule has 0 radical (unpaired) electrons. The summed E-state index contributed by atoms with van der Waals surface area (Å²) >= 11 is 0. The van der Waals surface area contributed by atoms with E-state index in [1.165, 1.54) is 12.1 Å². The van der Waals surface area contributed by atoms with Crippen molar-refractivity contribution < 1.29 is 14.0 Å². The van der Waals surface area contributed by atoms with Gasteiger partial charge >= 0.3 is 0 Å². The fourth-order valence-electron chi connectivity index (χ4n) is 3.69. The van der Waals surface area contributed by atoms with Crippen LogP contribution in [0.3, 0.4) is 0 Å². The molecule has 1 fully saturated rings. The molecule has 0 N–H and O–H groups in total. The summed E-state index contributed by atoms with van der Waals surface area (Å²) in [6, 6.07) is 13.6. The number of aryl methyl sites for hydroxylation is 1. The van der Waals surface area contributed by atoms with Gasteiger partial charge in [-0.15, -0.1) is 0 Å². The number of nitrogens with zero attached hydrogens (tertiary/aromatic N) is 2. The highest BCUT2D eigenvalue weighted by Gasteiger charge is 2.32. The Balaban J connectivity index is 1.67. The molecule has 2 atom stereocenters. The van der Waals surface area contributed by atoms with Gasteiger partial charge in [0.25, 0.3) is 5.91 Å². The van der Waals surface area contributed by atoms with Crippen LogP contribution in [0.25, 0.3) is 0 Å². The predicted octanol–water partition coefficient (Wildman–Crippen LogP) is 4.21. The van der Waals surface area contributed by atoms with Crippen LogP contribution >= 0.6 is 0 Å². The van der Waals surface area contributed by atoms with Crippen LogP contribution < -0.4 is 0 Å². The number of hydrogen-bond acceptors (Lipinski definition) is 2. The minimum absolute atomic E-state index is 0.0215. The molecule has 2 amide bonds. The van der Waals surface area contributed by atoms with Crippen LogP contribution in [-0.4, -0.2) is 41.8 Å². The number of likely N-dealkylation sites (tertiary alicyclic amines) is 1. The number of amides is 2. The molecular formula is C23H27FN2O2. The maximum Gasteiger partial charge on any atom is 0.253 e. The maximum absolute atomic E-state index is 13.2. The van der Waals surface area contributed by atoms with Crippen molar-refractivity contribution in [3.8, 4) is 0 Å². The second kappa shape index (κ2) is 8.55. The number of carbonyl (C=O) groups excluding carboxylic acids is 2. The standard InChI is InChI=1S/C23H27FN2O2/c1-16-6-8-19(9-7-16)23(28)26-14-4-5-20(15-26)22(27)25(3)17(2)18-10-12-21(24)13-11-18/h6-13,17,20H,4-5,14-15H2,1-3H3/t17-,20-/m1/s1. The monoisotopic (exact) mass is 382 g/mol. The highest BCUT2D eigenvalue weighted by Crippen LogP contribution is 2.25. The molecule has 1 heterocycles. The zero-order valence-corrected chi connectivity index (χ0v) is 16.7. The van der Waals surface area contributed by atoms with Crippen LogP contribution in [0.5, 0.6) is 0 Å². The van der Waals surface area contributed by atoms with Crippen LogP contribution in [0.15, 0.2) is 48.5 Å². The van der Waals surface area contributed by atoms with E-state index in [9.17, 15) is 14.0 Å². The van der Waals surface area contributed by atoms with E-state index in [4.69, 9.17) is 0 Å². The molecule has 0 aromatic heterocycles. The van der Waals surface area contributed by atoms with Gasteiger partial charge in [0.2, 0.25) is 5.91 Å². The summed E-state index contributed by atoms with van der Waals surface area (Å²) in [6.07, 6.45) is 1.59. The van der Waals surface area contributed by atoms with Gasteiger partial charge in [0.15, 0.2) is 0 Å². The largest absolute Gasteiger partial charge is 0.339 e. The number of hydrogen-bond donors (Lipinski definition) is 0. The smallest absolute Gasteiger partial charge is 0.253 e. The lowest BCUT2D eigenvalue weighted by Crippen LogP contribution is -2.46. The molecule has 4 nitrogen and oxygen atoms in total. The van der Waals surface area contributed by atoms with Crippen LogP contribution in [-0.2, 0) is 4.79 Å². The van der Waals surface area contributed by atoms with Gasteiger partial charge in [-0.05, 0) is 56.5 Å². The molecular weight excluding hydrogens is 355 g/mol. The second-order valence-electron chi connectivity index (χ2n) is 7.63. The Hall–Kier alpha value is -2.69. The Labute approximate surface area is 166 Å². The highest BCUT2D eigenvalue weighted by molar-refractivity contribution is 5.94. The fourth-order valence-corrected chi connectivity index (χ4v) is 3.69. The summed E-state index contributed by atoms with van der Waals surface area (Å²) in [5, 5.41) is 0. The van der Waals surface area contributed by atoms with Gasteiger partial charge in [-0.3, -0.25) is 9.59 Å². The number of carbonyl (C=O) groups is 2. The summed E-state index contributed by atoms with van der Waals surface area (Å²) in [4.78, 5) is 29.3. The first-order valence-corrected chi connectivity index (χ1v) is 9.75. The van der Waals surface area contributed by atoms with Crippen molar-refractivity contribution in [2.75, 3.05) is 20.1 Å². The van der Waals surface area contributed by atoms with E-state index in [1.807, 2.05) is 38.1 Å². The van der Waals surface area contributed by atoms with Crippen molar-refractivity contribution in [2.45, 2.75) is 32.7 Å². The van der Waals surface area contributed by atoms with Crippen LogP contribution in [0.4, 0.5) is 4.39 Å². The van der Waals surface area contributed by atoms with Gasteiger partial charge in [0.1, 0.15) is 5.82 Å². The van der Waals surface area contributed by atoms with Gasteiger partial charge < -0.3 is 9.80 Å². The third-order valence-corrected chi connectivity index (χ3v) is 5.64. The number of halogens is 1. The molecule has 0 spiro atoms. The second-order valence-corrected chi connectivity index (χ2v) is 7.63. The van der Waals surface area contributed by atoms with Crippen molar-refractivity contribution in [1.82, 2.24) is 9.80 Å². The van der Waals surface area contributed by atoms with Crippen LogP contribution in [0.1, 0.15) is 47.3 Å². The number of benzene rings is 2. The van der Waals surface area contributed by atoms with Gasteiger partial charge in [-0.2, -0.15) is 0 Å². The van der Waals surface area contributed by atoms with Gasteiger partial charge in [-0.1, -0.05) is 29.8 Å². The summed E-state index contributed by atoms with van der Waals surface area (Å²) in [6.45, 7) is 5.03. The van der Waals surface area contributed by atoms with Crippen LogP contribution in [0.2, 0.25) is 0 Å². The molecule has 2 aromatic carbocycles. The lowest BCUT2D eigenvalue weighted by molar-refractivity contribution is -0.137. The van der Waals surface area contributed by atoms with Gasteiger partial charge in [0, 0.05) is 25.7 Å². The molecule has 1 saturated heterocycles. The zero-order valence-electron chi connectivity index (χ0n) is 16.7. The molecule has 148 valence electrons. The highest BCUT2D eigenvalue weighted by atomic mass is 19.1. The third kappa shape index (κ3) is 4.41. The molecule has 0 unspecified atom stereocenters. The number of rotatable bonds is 4. The topological polar surface area (TPSA) is 40.6 Å². The van der Waals surface area contributed by atoms with Crippen molar-refractivity contribution in [2.24, 2.45) is 5.92 Å². The van der Waals surface area contributed by atoms with E-state index in [1.54, 1.807) is 29.0 Å². The summed E-state index contributed by atoms with van der Waals surface area (Å²) < 4.78 is 13.2. The Kier molecular flexibility index (Phi) is 6.12. The minimum atomic E-state index is -0.289. The SMILES string of the molecule is Cc1ccc(C(=O)N2CCC[C@@H](C(=O)N(C)[C@H](C)c3ccc(F)cc3)C2)cc1. The lowest BCUT2D eigenvalue weighted by atomic mass is 9.94. The average molecular weight is 382 g/mol. The zero-order chi connectivity index (χ0) is 20.3. The van der Waals surface area contributed by atoms with E-state index in [0.29, 0.717) is 18.7 Å². The minimum Gasteiger partial charge on any atom is -0.339 e. The van der Waals surface area contributed by atoms with E-state index in [-0.39, 0.29) is 29.6 Å². The van der Waals surface area contributed by atoms with Crippen molar-refractivity contribution >= 4 is 11.8 Å². The van der Waals surface area contributed by atoms with Gasteiger partial charge in [0.05, 0.1) is 12.0 Å². The molecule has 3 rings (SSSR count). The van der Waals surface area contributed by atoms with Crippen molar-refractivity contribution in [3.05, 3.63) is 71.0 Å². The van der Waals surface area contributed by atoms with Crippen molar-refractivity contribution in [1.29, 1.82) is 0 Å². The summed E-state index contributed by atoms with van der Waals surface area (Å²) in [5.74, 6) is -0.497. The number of piperidine rings is 1. The lowest BCUT2D eigenvalue weighted by Gasteiger charge is -2.36. The Morgan fingerprint density at radius 3 is 2.39 bits per heavy atom. The van der Waals surface area contributed by atoms with E-state index in [2.05, 4.69) is 0 Å². The molecule has 1 aliphatic rings. The first-order valence-electron chi connectivity index (χ1n) is 9.75. The normalized spacial score (nSPS) is 17.9. The first kappa shape index (κ1) is 20.1. The molecule has 0 bridgehead atoms. The molecule has 28 heavy (non-hydrogen) atoms. The maximum atomic E-state index is 13.2. The molecule has 2 aromatic rings. The molecule has 5 heteroatoms. The third-order valence-electron chi connectivity index (χ3n) is 5.64. The van der Waals surface area contributed by atoms with Gasteiger partial charge in [-0.25, -0.2) is 4.39 Å². The molecule has 1 aliphatic heterocycles. The first-order chi connectivity index (χ1) is 13.4. The fraction of sp³-hybridized carbons (Fsp3) is 0.391. The average Bonchev–Trinajstić information content (AvgIpc) is 2.73. The van der Waals surface area contributed by atoms with Crippen LogP contribution in [0, 0.1) is 18.7 Å². The summed E-state index contributed by atoms with van der Waals surface area (Å²) in [7, 11) is 1.77. The Bertz CT molecular complexity index is 833. The van der Waals surface area contributed by atoms with E-state index < -0.39 is 0 Å². The molecule has 0 saturated carbocycles. The van der Waals surface area contributed by atoms with E-state index >= 15 is 0 Å². The van der Waals surface area contributed by atoms with E-state index in [0.717, 1.165) is 24.0 Å². The Morgan fingerprint density at radius 2 is 1.75 bits per heavy atom. The quantitative estimate of drug-likeness (QED) is 0.795. The molecule has 0 aliphatic carbocycles. The Morgan fingerprint density at radius 1 is 1.11 bits per heavy atom.